The predicted octanol–water partition coefficient (Wildman–Crippen LogP) is 4.34. The Kier molecular flexibility index (Phi) is 5.28. The lowest BCUT2D eigenvalue weighted by molar-refractivity contribution is -0.153. The Labute approximate surface area is 171 Å². The highest BCUT2D eigenvalue weighted by Crippen LogP contribution is 2.42. The van der Waals surface area contributed by atoms with Crippen molar-refractivity contribution in [3.05, 3.63) is 53.1 Å². The van der Waals surface area contributed by atoms with Crippen LogP contribution in [0.5, 0.6) is 0 Å². The fourth-order valence-corrected chi connectivity index (χ4v) is 4.40. The minimum absolute atomic E-state index is 0.345. The average molecular weight is 416 g/mol. The fraction of sp³-hybridized carbons (Fsp3) is 0.300. The maximum absolute atomic E-state index is 12.9. The summed E-state index contributed by atoms with van der Waals surface area (Å²) in [4.78, 5) is 25.3. The van der Waals surface area contributed by atoms with Crippen LogP contribution in [-0.2, 0) is 19.7 Å². The molecule has 0 radical (unpaired) electrons. The van der Waals surface area contributed by atoms with Gasteiger partial charge in [-0.05, 0) is 42.7 Å². The Hall–Kier alpha value is -2.51. The number of esters is 1. The number of rotatable bonds is 5. The first-order valence-electron chi connectivity index (χ1n) is 9.03. The zero-order valence-electron chi connectivity index (χ0n) is 15.0. The lowest BCUT2D eigenvalue weighted by atomic mass is 9.79. The number of ether oxygens (including phenoxy) is 1. The summed E-state index contributed by atoms with van der Waals surface area (Å²) in [6.07, 6.45) is 3.31. The third-order valence-electron chi connectivity index (χ3n) is 5.14. The summed E-state index contributed by atoms with van der Waals surface area (Å²) < 4.78 is 13.8. The highest BCUT2D eigenvalue weighted by molar-refractivity contribution is 7.00. The first-order chi connectivity index (χ1) is 13.6. The van der Waals surface area contributed by atoms with E-state index in [4.69, 9.17) is 16.3 Å². The first-order valence-corrected chi connectivity index (χ1v) is 10.1. The molecule has 144 valence electrons. The van der Waals surface area contributed by atoms with Crippen LogP contribution >= 0.6 is 23.3 Å². The van der Waals surface area contributed by atoms with E-state index in [1.807, 2.05) is 18.2 Å². The summed E-state index contributed by atoms with van der Waals surface area (Å²) in [5.74, 6) is -0.769. The van der Waals surface area contributed by atoms with E-state index < -0.39 is 11.3 Å². The Morgan fingerprint density at radius 2 is 1.86 bits per heavy atom. The predicted molar refractivity (Wildman–Crippen MR) is 109 cm³/mol. The Morgan fingerprint density at radius 3 is 2.61 bits per heavy atom. The number of amides is 1. The third-order valence-corrected chi connectivity index (χ3v) is 5.93. The highest BCUT2D eigenvalue weighted by atomic mass is 35.5. The van der Waals surface area contributed by atoms with Crippen LogP contribution in [0.25, 0.3) is 11.0 Å². The smallest absolute Gasteiger partial charge is 0.317 e. The third kappa shape index (κ3) is 3.59. The van der Waals surface area contributed by atoms with Gasteiger partial charge >= 0.3 is 5.97 Å². The van der Waals surface area contributed by atoms with Crippen LogP contribution in [-0.4, -0.2) is 27.2 Å². The summed E-state index contributed by atoms with van der Waals surface area (Å²) in [6, 6.07) is 12.6. The molecule has 8 heteroatoms. The Morgan fingerprint density at radius 1 is 1.11 bits per heavy atom. The second-order valence-electron chi connectivity index (χ2n) is 6.86. The van der Waals surface area contributed by atoms with Gasteiger partial charge in [-0.15, -0.1) is 0 Å². The van der Waals surface area contributed by atoms with Gasteiger partial charge in [-0.2, -0.15) is 8.75 Å². The van der Waals surface area contributed by atoms with Crippen LogP contribution in [0.4, 0.5) is 5.69 Å². The van der Waals surface area contributed by atoms with Crippen LogP contribution in [0.15, 0.2) is 42.5 Å². The van der Waals surface area contributed by atoms with Crippen LogP contribution in [0.3, 0.4) is 0 Å². The van der Waals surface area contributed by atoms with E-state index in [-0.39, 0.29) is 12.6 Å². The second-order valence-corrected chi connectivity index (χ2v) is 7.82. The summed E-state index contributed by atoms with van der Waals surface area (Å²) in [5.41, 5.74) is 2.08. The van der Waals surface area contributed by atoms with Crippen LogP contribution < -0.4 is 5.32 Å². The molecule has 1 N–H and O–H groups in total. The maximum atomic E-state index is 12.9. The lowest BCUT2D eigenvalue weighted by Gasteiger charge is -2.27. The number of hydrogen-bond donors (Lipinski definition) is 1. The molecule has 0 aliphatic heterocycles. The normalized spacial score (nSPS) is 15.5. The molecule has 0 atom stereocenters. The van der Waals surface area contributed by atoms with E-state index >= 15 is 0 Å². The van der Waals surface area contributed by atoms with Crippen molar-refractivity contribution in [1.82, 2.24) is 8.75 Å². The van der Waals surface area contributed by atoms with E-state index in [0.717, 1.165) is 30.1 Å². The molecule has 0 spiro atoms. The Balaban J connectivity index is 1.44. The van der Waals surface area contributed by atoms with Crippen molar-refractivity contribution in [2.75, 3.05) is 11.9 Å². The molecule has 4 rings (SSSR count). The van der Waals surface area contributed by atoms with Crippen molar-refractivity contribution in [3.8, 4) is 0 Å². The van der Waals surface area contributed by atoms with Crippen molar-refractivity contribution >= 4 is 51.9 Å². The molecular weight excluding hydrogens is 398 g/mol. The van der Waals surface area contributed by atoms with Crippen molar-refractivity contribution in [2.45, 2.75) is 31.1 Å². The number of hydrogen-bond acceptors (Lipinski definition) is 6. The molecular formula is C20H18ClN3O3S. The molecule has 3 aromatic rings. The van der Waals surface area contributed by atoms with Gasteiger partial charge in [0.1, 0.15) is 11.0 Å². The molecule has 6 nitrogen and oxygen atoms in total. The average Bonchev–Trinajstić information content (AvgIpc) is 3.37. The SMILES string of the molecule is O=C(COC(=O)C1(c2ccc(Cl)cc2)CCCC1)Nc1cccc2nsnc12. The van der Waals surface area contributed by atoms with Gasteiger partial charge in [-0.25, -0.2) is 0 Å². The topological polar surface area (TPSA) is 81.2 Å². The number of benzene rings is 2. The van der Waals surface area contributed by atoms with E-state index in [0.29, 0.717) is 34.6 Å². The summed E-state index contributed by atoms with van der Waals surface area (Å²) in [5, 5.41) is 3.37. The molecule has 1 amide bonds. The van der Waals surface area contributed by atoms with Crippen molar-refractivity contribution in [2.24, 2.45) is 0 Å². The van der Waals surface area contributed by atoms with Gasteiger partial charge < -0.3 is 10.1 Å². The molecule has 0 saturated heterocycles. The number of fused-ring (bicyclic) bond motifs is 1. The van der Waals surface area contributed by atoms with Gasteiger partial charge in [-0.3, -0.25) is 9.59 Å². The monoisotopic (exact) mass is 415 g/mol. The van der Waals surface area contributed by atoms with Crippen molar-refractivity contribution < 1.29 is 14.3 Å². The molecule has 2 aromatic carbocycles. The summed E-state index contributed by atoms with van der Waals surface area (Å²) in [6.45, 7) is -0.345. The highest BCUT2D eigenvalue weighted by Gasteiger charge is 2.44. The van der Waals surface area contributed by atoms with Gasteiger partial charge in [0, 0.05) is 5.02 Å². The van der Waals surface area contributed by atoms with Gasteiger partial charge in [0.05, 0.1) is 22.8 Å². The zero-order chi connectivity index (χ0) is 19.6. The number of aromatic nitrogens is 2. The van der Waals surface area contributed by atoms with E-state index in [2.05, 4.69) is 14.1 Å². The molecule has 1 saturated carbocycles. The van der Waals surface area contributed by atoms with Gasteiger partial charge in [-0.1, -0.05) is 42.6 Å². The van der Waals surface area contributed by atoms with E-state index in [1.54, 1.807) is 24.3 Å². The van der Waals surface area contributed by atoms with Gasteiger partial charge in [0.25, 0.3) is 5.91 Å². The number of carbonyl (C=O) groups is 2. The quantitative estimate of drug-likeness (QED) is 0.627. The largest absolute Gasteiger partial charge is 0.455 e. The number of halogens is 1. The summed E-state index contributed by atoms with van der Waals surface area (Å²) in [7, 11) is 0. The number of anilines is 1. The number of carbonyl (C=O) groups excluding carboxylic acids is 2. The second kappa shape index (κ2) is 7.85. The van der Waals surface area contributed by atoms with Gasteiger partial charge in [0.15, 0.2) is 6.61 Å². The molecule has 1 aliphatic rings. The minimum Gasteiger partial charge on any atom is -0.455 e. The Bertz CT molecular complexity index is 1010. The number of nitrogens with one attached hydrogen (secondary N) is 1. The van der Waals surface area contributed by atoms with Crippen molar-refractivity contribution in [3.63, 3.8) is 0 Å². The molecule has 1 heterocycles. The minimum atomic E-state index is -0.705. The molecule has 1 fully saturated rings. The van der Waals surface area contributed by atoms with Crippen LogP contribution in [0.2, 0.25) is 5.02 Å². The molecule has 28 heavy (non-hydrogen) atoms. The zero-order valence-corrected chi connectivity index (χ0v) is 16.6. The summed E-state index contributed by atoms with van der Waals surface area (Å²) >= 11 is 7.06. The fourth-order valence-electron chi connectivity index (χ4n) is 3.72. The molecule has 1 aliphatic carbocycles. The van der Waals surface area contributed by atoms with Crippen LogP contribution in [0.1, 0.15) is 31.2 Å². The van der Waals surface area contributed by atoms with E-state index in [1.165, 1.54) is 0 Å². The molecule has 0 bridgehead atoms. The molecule has 1 aromatic heterocycles. The lowest BCUT2D eigenvalue weighted by Crippen LogP contribution is -2.36. The van der Waals surface area contributed by atoms with Crippen molar-refractivity contribution in [1.29, 1.82) is 0 Å². The number of nitrogens with zero attached hydrogens (tertiary/aromatic N) is 2. The van der Waals surface area contributed by atoms with Crippen LogP contribution in [0, 0.1) is 0 Å². The molecule has 0 unspecified atom stereocenters. The first kappa shape index (κ1) is 18.8. The van der Waals surface area contributed by atoms with Gasteiger partial charge in [0.2, 0.25) is 0 Å². The maximum Gasteiger partial charge on any atom is 0.317 e. The van der Waals surface area contributed by atoms with E-state index in [9.17, 15) is 9.59 Å². The standard InChI is InChI=1S/C20H18ClN3O3S/c21-14-8-6-13(7-9-14)20(10-1-2-11-20)19(26)27-12-17(25)22-15-4-3-5-16-18(15)24-28-23-16/h3-9H,1-2,10-12H2,(H,22,25).